The molecule has 28 heavy (non-hydrogen) atoms. The van der Waals surface area contributed by atoms with Gasteiger partial charge < -0.3 is 9.80 Å². The minimum Gasteiger partial charge on any atom is -0.371 e. The number of carbonyl (C=O) groups is 1. The van der Waals surface area contributed by atoms with Gasteiger partial charge in [-0.2, -0.15) is 0 Å². The Balaban J connectivity index is 1.55. The molecule has 0 spiro atoms. The highest BCUT2D eigenvalue weighted by atomic mass is 16.2. The fraction of sp³-hybridized carbons (Fsp3) is 0.500. The maximum absolute atomic E-state index is 12.7. The van der Waals surface area contributed by atoms with Gasteiger partial charge in [-0.3, -0.25) is 9.79 Å². The van der Waals surface area contributed by atoms with Crippen LogP contribution in [0.3, 0.4) is 0 Å². The molecule has 0 bridgehead atoms. The summed E-state index contributed by atoms with van der Waals surface area (Å²) in [5.41, 5.74) is 5.16. The van der Waals surface area contributed by atoms with Gasteiger partial charge in [-0.25, -0.2) is 0 Å². The zero-order valence-corrected chi connectivity index (χ0v) is 17.4. The van der Waals surface area contributed by atoms with Crippen molar-refractivity contribution in [1.82, 2.24) is 9.80 Å². The van der Waals surface area contributed by atoms with Crippen LogP contribution in [0.1, 0.15) is 52.4 Å². The van der Waals surface area contributed by atoms with Crippen LogP contribution in [-0.4, -0.2) is 48.1 Å². The van der Waals surface area contributed by atoms with Crippen LogP contribution in [0, 0.1) is 0 Å². The SMILES string of the molecule is CCC1=CCC/C=C(/N2CCN(C(=O)CC3=CC=CCC=N3)CC2)CC(C)=C1. The average molecular weight is 380 g/mol. The van der Waals surface area contributed by atoms with Gasteiger partial charge in [-0.1, -0.05) is 48.5 Å². The van der Waals surface area contributed by atoms with Gasteiger partial charge in [0.25, 0.3) is 0 Å². The molecule has 1 aliphatic carbocycles. The second-order valence-electron chi connectivity index (χ2n) is 7.75. The molecule has 150 valence electrons. The molecule has 0 atom stereocenters. The Morgan fingerprint density at radius 1 is 1.14 bits per heavy atom. The van der Waals surface area contributed by atoms with Gasteiger partial charge in [0.05, 0.1) is 6.42 Å². The first kappa shape index (κ1) is 20.4. The number of amides is 1. The molecule has 0 aromatic heterocycles. The number of carbonyl (C=O) groups excluding carboxylic acids is 1. The molecule has 0 aromatic rings. The highest BCUT2D eigenvalue weighted by Crippen LogP contribution is 2.23. The van der Waals surface area contributed by atoms with E-state index in [1.54, 1.807) is 0 Å². The number of piperazine rings is 1. The smallest absolute Gasteiger partial charge is 0.228 e. The highest BCUT2D eigenvalue weighted by Gasteiger charge is 2.23. The van der Waals surface area contributed by atoms with E-state index in [-0.39, 0.29) is 5.91 Å². The lowest BCUT2D eigenvalue weighted by Crippen LogP contribution is -2.48. The molecule has 0 unspecified atom stereocenters. The third kappa shape index (κ3) is 5.82. The number of hydrogen-bond acceptors (Lipinski definition) is 3. The summed E-state index contributed by atoms with van der Waals surface area (Å²) in [6.45, 7) is 7.89. The number of nitrogens with zero attached hydrogens (tertiary/aromatic N) is 3. The Morgan fingerprint density at radius 2 is 1.93 bits per heavy atom. The van der Waals surface area contributed by atoms with Gasteiger partial charge in [0.15, 0.2) is 0 Å². The lowest BCUT2D eigenvalue weighted by molar-refractivity contribution is -0.131. The molecule has 0 radical (unpaired) electrons. The lowest BCUT2D eigenvalue weighted by Gasteiger charge is -2.37. The Bertz CT molecular complexity index is 744. The van der Waals surface area contributed by atoms with Crippen molar-refractivity contribution in [2.24, 2.45) is 4.99 Å². The summed E-state index contributed by atoms with van der Waals surface area (Å²) in [5.74, 6) is 0.189. The summed E-state index contributed by atoms with van der Waals surface area (Å²) >= 11 is 0. The van der Waals surface area contributed by atoms with Crippen LogP contribution in [0.15, 0.2) is 64.0 Å². The molecular formula is C24H33N3O. The molecule has 3 rings (SSSR count). The fourth-order valence-electron chi connectivity index (χ4n) is 3.94. The van der Waals surface area contributed by atoms with E-state index < -0.39 is 0 Å². The zero-order valence-electron chi connectivity index (χ0n) is 17.4. The van der Waals surface area contributed by atoms with Gasteiger partial charge in [-0.05, 0) is 32.3 Å². The van der Waals surface area contributed by atoms with Crippen LogP contribution in [0.4, 0.5) is 0 Å². The number of rotatable bonds is 4. The van der Waals surface area contributed by atoms with E-state index in [0.29, 0.717) is 6.42 Å². The average Bonchev–Trinajstić information content (AvgIpc) is 2.92. The quantitative estimate of drug-likeness (QED) is 0.704. The molecule has 2 aliphatic heterocycles. The van der Waals surface area contributed by atoms with E-state index in [0.717, 1.165) is 64.0 Å². The molecule has 2 heterocycles. The van der Waals surface area contributed by atoms with Gasteiger partial charge >= 0.3 is 0 Å². The van der Waals surface area contributed by atoms with E-state index >= 15 is 0 Å². The van der Waals surface area contributed by atoms with Crippen LogP contribution in [0.2, 0.25) is 0 Å². The number of hydrogen-bond donors (Lipinski definition) is 0. The Hall–Kier alpha value is -2.36. The first-order chi connectivity index (χ1) is 13.7. The summed E-state index contributed by atoms with van der Waals surface area (Å²) in [6, 6.07) is 0. The van der Waals surface area contributed by atoms with Crippen LogP contribution in [-0.2, 0) is 4.79 Å². The van der Waals surface area contributed by atoms with Crippen LogP contribution >= 0.6 is 0 Å². The molecule has 1 amide bonds. The van der Waals surface area contributed by atoms with E-state index in [2.05, 4.69) is 48.0 Å². The van der Waals surface area contributed by atoms with Crippen molar-refractivity contribution in [1.29, 1.82) is 0 Å². The van der Waals surface area contributed by atoms with E-state index in [1.165, 1.54) is 16.8 Å². The zero-order chi connectivity index (χ0) is 19.8. The van der Waals surface area contributed by atoms with Crippen molar-refractivity contribution in [3.05, 3.63) is 59.0 Å². The second kappa shape index (κ2) is 10.3. The van der Waals surface area contributed by atoms with Crippen LogP contribution in [0.25, 0.3) is 0 Å². The fourth-order valence-corrected chi connectivity index (χ4v) is 3.94. The van der Waals surface area contributed by atoms with E-state index in [1.807, 2.05) is 23.3 Å². The Morgan fingerprint density at radius 3 is 2.71 bits per heavy atom. The maximum atomic E-state index is 12.7. The third-order valence-corrected chi connectivity index (χ3v) is 5.55. The molecule has 1 saturated heterocycles. The molecule has 4 nitrogen and oxygen atoms in total. The topological polar surface area (TPSA) is 35.9 Å². The van der Waals surface area contributed by atoms with Crippen LogP contribution in [0.5, 0.6) is 0 Å². The van der Waals surface area contributed by atoms with Gasteiger partial charge in [0.1, 0.15) is 0 Å². The summed E-state index contributed by atoms with van der Waals surface area (Å²) in [6.07, 6.45) is 20.6. The Kier molecular flexibility index (Phi) is 7.46. The largest absolute Gasteiger partial charge is 0.371 e. The van der Waals surface area contributed by atoms with Crippen molar-refractivity contribution in [2.45, 2.75) is 52.4 Å². The molecule has 3 aliphatic rings. The van der Waals surface area contributed by atoms with Crippen molar-refractivity contribution in [2.75, 3.05) is 26.2 Å². The van der Waals surface area contributed by atoms with Gasteiger partial charge in [0, 0.05) is 56.6 Å². The van der Waals surface area contributed by atoms with Gasteiger partial charge in [0.2, 0.25) is 5.91 Å². The molecule has 0 saturated carbocycles. The molecule has 1 fully saturated rings. The molecule has 0 N–H and O–H groups in total. The summed E-state index contributed by atoms with van der Waals surface area (Å²) in [4.78, 5) is 21.5. The minimum atomic E-state index is 0.189. The first-order valence-corrected chi connectivity index (χ1v) is 10.6. The number of aliphatic imine (C=N–C) groups is 1. The number of allylic oxidation sites excluding steroid dienone is 8. The maximum Gasteiger partial charge on any atom is 0.228 e. The summed E-state index contributed by atoms with van der Waals surface area (Å²) in [7, 11) is 0. The highest BCUT2D eigenvalue weighted by molar-refractivity contribution is 5.79. The van der Waals surface area contributed by atoms with E-state index in [4.69, 9.17) is 0 Å². The predicted molar refractivity (Wildman–Crippen MR) is 117 cm³/mol. The van der Waals surface area contributed by atoms with Gasteiger partial charge in [-0.15, -0.1) is 0 Å². The third-order valence-electron chi connectivity index (χ3n) is 5.55. The standard InChI is InChI=1S/C24H33N3O/c1-3-21-9-6-7-11-23(18-20(2)17-21)26-13-15-27(16-14-26)24(28)19-22-10-5-4-8-12-25-22/h4-5,9-12,17H,3,6-8,13-16,18-19H2,1-2H3/b20-17?,21-9?,23-11+. The lowest BCUT2D eigenvalue weighted by atomic mass is 10.1. The first-order valence-electron chi connectivity index (χ1n) is 10.6. The molecular weight excluding hydrogens is 346 g/mol. The minimum absolute atomic E-state index is 0.189. The van der Waals surface area contributed by atoms with E-state index in [9.17, 15) is 4.79 Å². The van der Waals surface area contributed by atoms with Crippen molar-refractivity contribution < 1.29 is 4.79 Å². The van der Waals surface area contributed by atoms with Crippen molar-refractivity contribution in [3.63, 3.8) is 0 Å². The van der Waals surface area contributed by atoms with Crippen molar-refractivity contribution in [3.8, 4) is 0 Å². The molecule has 4 heteroatoms. The predicted octanol–water partition coefficient (Wildman–Crippen LogP) is 4.79. The summed E-state index contributed by atoms with van der Waals surface area (Å²) < 4.78 is 0. The Labute approximate surface area is 169 Å². The second-order valence-corrected chi connectivity index (χ2v) is 7.75. The van der Waals surface area contributed by atoms with Crippen LogP contribution < -0.4 is 0 Å². The summed E-state index contributed by atoms with van der Waals surface area (Å²) in [5, 5.41) is 0. The monoisotopic (exact) mass is 379 g/mol. The van der Waals surface area contributed by atoms with Crippen molar-refractivity contribution >= 4 is 12.1 Å². The normalized spacial score (nSPS) is 22.8. The molecule has 0 aromatic carbocycles.